The third kappa shape index (κ3) is 4.88. The zero-order valence-corrected chi connectivity index (χ0v) is 12.6. The SMILES string of the molecule is COC(=O)C[C@H](NC(=O)N(C)C1CCS(=O)(=O)C1)C(=O)O. The van der Waals surface area contributed by atoms with Gasteiger partial charge in [0.15, 0.2) is 9.84 Å². The molecule has 1 saturated heterocycles. The number of methoxy groups -OCH3 is 1. The van der Waals surface area contributed by atoms with Crippen molar-refractivity contribution in [3.8, 4) is 0 Å². The highest BCUT2D eigenvalue weighted by Crippen LogP contribution is 2.16. The number of urea groups is 1. The number of amides is 2. The lowest BCUT2D eigenvalue weighted by Gasteiger charge is -2.25. The largest absolute Gasteiger partial charge is 0.480 e. The normalized spacial score (nSPS) is 21.3. The molecular formula is C11H18N2O7S. The van der Waals surface area contributed by atoms with E-state index in [1.807, 2.05) is 0 Å². The summed E-state index contributed by atoms with van der Waals surface area (Å²) in [6, 6.07) is -2.67. The molecule has 0 spiro atoms. The van der Waals surface area contributed by atoms with Crippen LogP contribution in [-0.2, 0) is 24.2 Å². The number of ether oxygens (including phenoxy) is 1. The van der Waals surface area contributed by atoms with Gasteiger partial charge in [-0.25, -0.2) is 18.0 Å². The van der Waals surface area contributed by atoms with Gasteiger partial charge in [-0.2, -0.15) is 0 Å². The first kappa shape index (κ1) is 17.2. The Morgan fingerprint density at radius 2 is 2.05 bits per heavy atom. The molecule has 0 bridgehead atoms. The monoisotopic (exact) mass is 322 g/mol. The predicted molar refractivity (Wildman–Crippen MR) is 71.4 cm³/mol. The maximum absolute atomic E-state index is 11.9. The van der Waals surface area contributed by atoms with Crippen LogP contribution in [0.5, 0.6) is 0 Å². The fraction of sp³-hybridized carbons (Fsp3) is 0.727. The van der Waals surface area contributed by atoms with Crippen LogP contribution in [0.25, 0.3) is 0 Å². The highest BCUT2D eigenvalue weighted by Gasteiger charge is 2.34. The maximum Gasteiger partial charge on any atom is 0.326 e. The van der Waals surface area contributed by atoms with Gasteiger partial charge < -0.3 is 20.1 Å². The number of sulfone groups is 1. The summed E-state index contributed by atoms with van der Waals surface area (Å²) < 4.78 is 27.1. The third-order valence-electron chi connectivity index (χ3n) is 3.27. The molecule has 1 aliphatic heterocycles. The fourth-order valence-electron chi connectivity index (χ4n) is 1.95. The number of esters is 1. The lowest BCUT2D eigenvalue weighted by molar-refractivity contribution is -0.147. The van der Waals surface area contributed by atoms with Crippen LogP contribution in [0.4, 0.5) is 4.79 Å². The Labute approximate surface area is 122 Å². The number of carbonyl (C=O) groups is 3. The van der Waals surface area contributed by atoms with Crippen LogP contribution in [0.15, 0.2) is 0 Å². The van der Waals surface area contributed by atoms with E-state index in [-0.39, 0.29) is 11.5 Å². The van der Waals surface area contributed by atoms with Crippen molar-refractivity contribution in [1.29, 1.82) is 0 Å². The minimum atomic E-state index is -3.15. The lowest BCUT2D eigenvalue weighted by Crippen LogP contribution is -2.50. The first-order valence-corrected chi connectivity index (χ1v) is 8.02. The molecule has 1 unspecified atom stereocenters. The highest BCUT2D eigenvalue weighted by molar-refractivity contribution is 7.91. The lowest BCUT2D eigenvalue weighted by atomic mass is 10.2. The Kier molecular flexibility index (Phi) is 5.53. The molecule has 0 aromatic heterocycles. The third-order valence-corrected chi connectivity index (χ3v) is 5.02. The van der Waals surface area contributed by atoms with Gasteiger partial charge in [-0.05, 0) is 6.42 Å². The van der Waals surface area contributed by atoms with Gasteiger partial charge in [0, 0.05) is 13.1 Å². The van der Waals surface area contributed by atoms with E-state index in [1.54, 1.807) is 0 Å². The summed E-state index contributed by atoms with van der Waals surface area (Å²) in [6.07, 6.45) is -0.199. The van der Waals surface area contributed by atoms with Gasteiger partial charge in [-0.15, -0.1) is 0 Å². The van der Waals surface area contributed by atoms with Crippen molar-refractivity contribution < 1.29 is 32.6 Å². The molecule has 0 aromatic rings. The van der Waals surface area contributed by atoms with Crippen LogP contribution in [0.1, 0.15) is 12.8 Å². The average molecular weight is 322 g/mol. The fourth-order valence-corrected chi connectivity index (χ4v) is 3.72. The van der Waals surface area contributed by atoms with E-state index in [1.165, 1.54) is 7.05 Å². The smallest absolute Gasteiger partial charge is 0.326 e. The number of hydrogen-bond acceptors (Lipinski definition) is 6. The first-order chi connectivity index (χ1) is 9.66. The molecule has 0 aliphatic carbocycles. The van der Waals surface area contributed by atoms with E-state index in [0.717, 1.165) is 12.0 Å². The Balaban J connectivity index is 2.65. The van der Waals surface area contributed by atoms with Crippen LogP contribution >= 0.6 is 0 Å². The predicted octanol–water partition coefficient (Wildman–Crippen LogP) is -1.17. The molecule has 9 nitrogen and oxygen atoms in total. The maximum atomic E-state index is 11.9. The van der Waals surface area contributed by atoms with Crippen molar-refractivity contribution in [2.75, 3.05) is 25.7 Å². The van der Waals surface area contributed by atoms with Gasteiger partial charge in [0.1, 0.15) is 6.04 Å². The molecule has 0 saturated carbocycles. The summed E-state index contributed by atoms with van der Waals surface area (Å²) >= 11 is 0. The molecular weight excluding hydrogens is 304 g/mol. The number of hydrogen-bond donors (Lipinski definition) is 2. The molecule has 2 atom stereocenters. The van der Waals surface area contributed by atoms with Crippen molar-refractivity contribution in [2.45, 2.75) is 24.9 Å². The number of nitrogens with one attached hydrogen (secondary N) is 1. The van der Waals surface area contributed by atoms with E-state index >= 15 is 0 Å². The molecule has 1 aliphatic rings. The zero-order valence-electron chi connectivity index (χ0n) is 11.7. The van der Waals surface area contributed by atoms with Crippen LogP contribution in [0.2, 0.25) is 0 Å². The van der Waals surface area contributed by atoms with E-state index in [4.69, 9.17) is 5.11 Å². The van der Waals surface area contributed by atoms with Crippen molar-refractivity contribution in [3.63, 3.8) is 0 Å². The van der Waals surface area contributed by atoms with Crippen molar-refractivity contribution in [2.24, 2.45) is 0 Å². The molecule has 1 heterocycles. The number of nitrogens with zero attached hydrogens (tertiary/aromatic N) is 1. The summed E-state index contributed by atoms with van der Waals surface area (Å²) in [6.45, 7) is 0. The van der Waals surface area contributed by atoms with Crippen molar-refractivity contribution in [1.82, 2.24) is 10.2 Å². The molecule has 2 amide bonds. The van der Waals surface area contributed by atoms with Gasteiger partial charge in [0.05, 0.1) is 25.0 Å². The first-order valence-electron chi connectivity index (χ1n) is 6.19. The second-order valence-electron chi connectivity index (χ2n) is 4.79. The van der Waals surface area contributed by atoms with Crippen LogP contribution in [0.3, 0.4) is 0 Å². The van der Waals surface area contributed by atoms with Gasteiger partial charge in [-0.1, -0.05) is 0 Å². The van der Waals surface area contributed by atoms with Crippen LogP contribution in [-0.4, -0.2) is 74.1 Å². The number of aliphatic carboxylic acids is 1. The van der Waals surface area contributed by atoms with E-state index in [0.29, 0.717) is 6.42 Å². The minimum absolute atomic E-state index is 0.000192. The van der Waals surface area contributed by atoms with E-state index < -0.39 is 46.3 Å². The van der Waals surface area contributed by atoms with Crippen molar-refractivity contribution in [3.05, 3.63) is 0 Å². The molecule has 120 valence electrons. The Hall–Kier alpha value is -1.84. The Morgan fingerprint density at radius 1 is 1.43 bits per heavy atom. The second-order valence-corrected chi connectivity index (χ2v) is 7.02. The number of carboxylic acids is 1. The standard InChI is InChI=1S/C11H18N2O7S/c1-13(7-3-4-21(18,19)6-7)11(17)12-8(10(15)16)5-9(14)20-2/h7-8H,3-6H2,1-2H3,(H,12,17)(H,15,16)/t7?,8-/m0/s1. The highest BCUT2D eigenvalue weighted by atomic mass is 32.2. The summed E-state index contributed by atoms with van der Waals surface area (Å²) in [5.74, 6) is -2.29. The topological polar surface area (TPSA) is 130 Å². The molecule has 1 fully saturated rings. The van der Waals surface area contributed by atoms with Crippen LogP contribution in [0, 0.1) is 0 Å². The number of rotatable bonds is 5. The summed E-state index contributed by atoms with van der Waals surface area (Å²) in [4.78, 5) is 35.2. The molecule has 1 rings (SSSR count). The summed E-state index contributed by atoms with van der Waals surface area (Å²) in [5, 5.41) is 11.1. The quantitative estimate of drug-likeness (QED) is 0.610. The molecule has 10 heteroatoms. The van der Waals surface area contributed by atoms with E-state index in [2.05, 4.69) is 10.1 Å². The van der Waals surface area contributed by atoms with Gasteiger partial charge in [-0.3, -0.25) is 4.79 Å². The Morgan fingerprint density at radius 3 is 2.48 bits per heavy atom. The number of carboxylic acid groups (broad SMARTS) is 1. The summed E-state index contributed by atoms with van der Waals surface area (Å²) in [7, 11) is -0.657. The second kappa shape index (κ2) is 6.74. The minimum Gasteiger partial charge on any atom is -0.480 e. The van der Waals surface area contributed by atoms with Crippen molar-refractivity contribution >= 4 is 27.8 Å². The average Bonchev–Trinajstić information content (AvgIpc) is 2.76. The molecule has 2 N–H and O–H groups in total. The van der Waals surface area contributed by atoms with Gasteiger partial charge in [0.2, 0.25) is 0 Å². The van der Waals surface area contributed by atoms with Gasteiger partial charge in [0.25, 0.3) is 0 Å². The number of carbonyl (C=O) groups excluding carboxylic acids is 2. The molecule has 0 radical (unpaired) electrons. The molecule has 21 heavy (non-hydrogen) atoms. The molecule has 0 aromatic carbocycles. The summed E-state index contributed by atoms with van der Waals surface area (Å²) in [5.41, 5.74) is 0. The Bertz CT molecular complexity index is 531. The zero-order chi connectivity index (χ0) is 16.2. The van der Waals surface area contributed by atoms with E-state index in [9.17, 15) is 22.8 Å². The van der Waals surface area contributed by atoms with Gasteiger partial charge >= 0.3 is 18.0 Å². The van der Waals surface area contributed by atoms with Crippen LogP contribution < -0.4 is 5.32 Å².